The average molecular weight is 708 g/mol. The van der Waals surface area contributed by atoms with Crippen LogP contribution in [0.5, 0.6) is 0 Å². The highest BCUT2D eigenvalue weighted by Gasteiger charge is 2.45. The second-order valence-electron chi connectivity index (χ2n) is 13.3. The molecule has 0 saturated carbocycles. The van der Waals surface area contributed by atoms with Crippen molar-refractivity contribution in [1.29, 1.82) is 0 Å². The number of Topliss-reactive ketones (excluding diaryl/α,β-unsaturated/α-hetero) is 1. The van der Waals surface area contributed by atoms with E-state index in [4.69, 9.17) is 4.74 Å². The van der Waals surface area contributed by atoms with Gasteiger partial charge in [0.25, 0.3) is 11.8 Å². The number of pyridine rings is 1. The van der Waals surface area contributed by atoms with E-state index < -0.39 is 5.82 Å². The number of ketones is 1. The molecular weight excluding hydrogens is 674 g/mol. The molecular formula is C38H34FN5O4S2. The van der Waals surface area contributed by atoms with Crippen molar-refractivity contribution in [3.63, 3.8) is 0 Å². The molecule has 1 spiro atoms. The van der Waals surface area contributed by atoms with Gasteiger partial charge in [0, 0.05) is 78.5 Å². The SMILES string of the molecule is Cc1cnc(N2CC3(CCOCC3)C2)c(C(=O)Cc2ccc(C(=O)N3CCc4cc(C(=O)Nc5nccs5)sc4-c4ccc(F)cc43)cc2)c1. The van der Waals surface area contributed by atoms with E-state index in [0.717, 1.165) is 66.5 Å². The number of nitrogens with one attached hydrogen (secondary N) is 1. The predicted octanol–water partition coefficient (Wildman–Crippen LogP) is 7.21. The largest absolute Gasteiger partial charge is 0.381 e. The highest BCUT2D eigenvalue weighted by atomic mass is 32.1. The number of thiophene rings is 1. The molecule has 0 aliphatic carbocycles. The third kappa shape index (κ3) is 6.23. The number of hydrogen-bond donors (Lipinski definition) is 1. The molecule has 5 aromatic rings. The number of thiazole rings is 1. The van der Waals surface area contributed by atoms with E-state index in [2.05, 4.69) is 20.2 Å². The zero-order valence-corrected chi connectivity index (χ0v) is 29.0. The minimum Gasteiger partial charge on any atom is -0.381 e. The number of carbonyl (C=O) groups excluding carboxylic acids is 3. The monoisotopic (exact) mass is 707 g/mol. The van der Waals surface area contributed by atoms with Crippen LogP contribution in [-0.2, 0) is 17.6 Å². The van der Waals surface area contributed by atoms with E-state index in [0.29, 0.717) is 45.4 Å². The van der Waals surface area contributed by atoms with Crippen LogP contribution < -0.4 is 15.1 Å². The molecule has 3 aliphatic rings. The van der Waals surface area contributed by atoms with Gasteiger partial charge in [-0.15, -0.1) is 22.7 Å². The van der Waals surface area contributed by atoms with Gasteiger partial charge in [0.1, 0.15) is 11.6 Å². The maximum atomic E-state index is 14.7. The lowest BCUT2D eigenvalue weighted by Gasteiger charge is -2.53. The summed E-state index contributed by atoms with van der Waals surface area (Å²) in [7, 11) is 0. The first-order valence-electron chi connectivity index (χ1n) is 16.6. The Hall–Kier alpha value is -4.78. The molecule has 0 atom stereocenters. The summed E-state index contributed by atoms with van der Waals surface area (Å²) in [6.45, 7) is 5.57. The van der Waals surface area contributed by atoms with Gasteiger partial charge in [-0.05, 0) is 85.3 Å². The number of rotatable bonds is 7. The van der Waals surface area contributed by atoms with Crippen molar-refractivity contribution in [1.82, 2.24) is 9.97 Å². The molecule has 3 aromatic heterocycles. The minimum absolute atomic E-state index is 0.0222. The molecule has 50 heavy (non-hydrogen) atoms. The van der Waals surface area contributed by atoms with Crippen molar-refractivity contribution < 1.29 is 23.5 Å². The van der Waals surface area contributed by atoms with Crippen molar-refractivity contribution in [2.75, 3.05) is 48.0 Å². The summed E-state index contributed by atoms with van der Waals surface area (Å²) in [6.07, 6.45) is 6.17. The van der Waals surface area contributed by atoms with Crippen LogP contribution in [-0.4, -0.2) is 60.4 Å². The average Bonchev–Trinajstić information content (AvgIpc) is 3.76. The van der Waals surface area contributed by atoms with Gasteiger partial charge in [-0.1, -0.05) is 12.1 Å². The third-order valence-corrected chi connectivity index (χ3v) is 11.7. The molecule has 0 radical (unpaired) electrons. The lowest BCUT2D eigenvalue weighted by Crippen LogP contribution is -2.59. The lowest BCUT2D eigenvalue weighted by atomic mass is 9.73. The lowest BCUT2D eigenvalue weighted by molar-refractivity contribution is -0.000515. The molecule has 254 valence electrons. The fraction of sp³-hybridized carbons (Fsp3) is 0.289. The fourth-order valence-electron chi connectivity index (χ4n) is 7.14. The Bertz CT molecular complexity index is 2100. The van der Waals surface area contributed by atoms with Gasteiger partial charge >= 0.3 is 0 Å². The smallest absolute Gasteiger partial charge is 0.267 e. The van der Waals surface area contributed by atoms with Crippen molar-refractivity contribution in [2.45, 2.75) is 32.6 Å². The molecule has 0 bridgehead atoms. The van der Waals surface area contributed by atoms with E-state index in [1.165, 1.54) is 34.8 Å². The molecule has 1 N–H and O–H groups in total. The highest BCUT2D eigenvalue weighted by molar-refractivity contribution is 7.18. The number of benzene rings is 2. The Labute approximate surface area is 296 Å². The fourth-order valence-corrected chi connectivity index (χ4v) is 8.80. The van der Waals surface area contributed by atoms with Gasteiger partial charge in [-0.3, -0.25) is 19.7 Å². The van der Waals surface area contributed by atoms with Gasteiger partial charge in [0.2, 0.25) is 0 Å². The van der Waals surface area contributed by atoms with Crippen LogP contribution in [0, 0.1) is 18.2 Å². The number of nitrogens with zero attached hydrogens (tertiary/aromatic N) is 4. The van der Waals surface area contributed by atoms with Crippen LogP contribution in [0.25, 0.3) is 10.4 Å². The molecule has 2 aromatic carbocycles. The van der Waals surface area contributed by atoms with Crippen molar-refractivity contribution in [3.8, 4) is 10.4 Å². The summed E-state index contributed by atoms with van der Waals surface area (Å²) in [5, 5.41) is 5.12. The van der Waals surface area contributed by atoms with Gasteiger partial charge in [0.15, 0.2) is 10.9 Å². The molecule has 8 rings (SSSR count). The van der Waals surface area contributed by atoms with Crippen molar-refractivity contribution >= 4 is 56.9 Å². The number of aromatic nitrogens is 2. The van der Waals surface area contributed by atoms with Crippen LogP contribution in [0.1, 0.15) is 59.9 Å². The second-order valence-corrected chi connectivity index (χ2v) is 15.2. The summed E-state index contributed by atoms with van der Waals surface area (Å²) in [4.78, 5) is 54.6. The summed E-state index contributed by atoms with van der Waals surface area (Å²) < 4.78 is 20.2. The molecule has 6 heterocycles. The number of ether oxygens (including phenoxy) is 1. The number of aryl methyl sites for hydroxylation is 1. The van der Waals surface area contributed by atoms with E-state index in [1.807, 2.05) is 37.4 Å². The zero-order valence-electron chi connectivity index (χ0n) is 27.4. The first-order valence-corrected chi connectivity index (χ1v) is 18.3. The summed E-state index contributed by atoms with van der Waals surface area (Å²) >= 11 is 2.65. The molecule has 0 unspecified atom stereocenters. The number of anilines is 3. The molecule has 2 saturated heterocycles. The number of halogens is 1. The van der Waals surface area contributed by atoms with E-state index in [1.54, 1.807) is 34.7 Å². The van der Waals surface area contributed by atoms with Crippen LogP contribution in [0.2, 0.25) is 0 Å². The maximum Gasteiger partial charge on any atom is 0.267 e. The van der Waals surface area contributed by atoms with Crippen LogP contribution >= 0.6 is 22.7 Å². The summed E-state index contributed by atoms with van der Waals surface area (Å²) in [5.41, 5.74) is 5.09. The molecule has 9 nitrogen and oxygen atoms in total. The quantitative estimate of drug-likeness (QED) is 0.178. The van der Waals surface area contributed by atoms with Crippen LogP contribution in [0.4, 0.5) is 21.0 Å². The standard InChI is InChI=1S/C38H34FN5O4S2/c1-23-16-29(34(41-20-23)43-21-38(22-43)9-13-48-14-10-38)31(45)17-24-2-4-25(5-3-24)36(47)44-12-8-26-18-32(35(46)42-37-40-11-15-49-37)50-33(26)28-7-6-27(39)19-30(28)44/h2-7,11,15-16,18-20H,8-10,12-14,17,21-22H2,1H3,(H,40,42,46). The zero-order chi connectivity index (χ0) is 34.4. The molecule has 2 amide bonds. The molecule has 3 aliphatic heterocycles. The van der Waals surface area contributed by atoms with Crippen molar-refractivity contribution in [3.05, 3.63) is 111 Å². The number of carbonyl (C=O) groups is 3. The summed E-state index contributed by atoms with van der Waals surface area (Å²) in [5.74, 6) is -0.268. The topological polar surface area (TPSA) is 105 Å². The number of fused-ring (bicyclic) bond motifs is 3. The van der Waals surface area contributed by atoms with Gasteiger partial charge in [-0.2, -0.15) is 0 Å². The second kappa shape index (κ2) is 13.2. The number of hydrogen-bond acceptors (Lipinski definition) is 9. The van der Waals surface area contributed by atoms with E-state index in [-0.39, 0.29) is 29.4 Å². The Morgan fingerprint density at radius 3 is 2.58 bits per heavy atom. The van der Waals surface area contributed by atoms with E-state index >= 15 is 0 Å². The third-order valence-electron chi connectivity index (χ3n) is 9.81. The Morgan fingerprint density at radius 1 is 1.02 bits per heavy atom. The minimum atomic E-state index is -0.455. The predicted molar refractivity (Wildman–Crippen MR) is 193 cm³/mol. The van der Waals surface area contributed by atoms with Gasteiger partial charge < -0.3 is 14.5 Å². The maximum absolute atomic E-state index is 14.7. The van der Waals surface area contributed by atoms with E-state index in [9.17, 15) is 18.8 Å². The normalized spacial score (nSPS) is 16.3. The first kappa shape index (κ1) is 32.4. The van der Waals surface area contributed by atoms with Crippen molar-refractivity contribution in [2.24, 2.45) is 5.41 Å². The van der Waals surface area contributed by atoms with Crippen LogP contribution in [0.15, 0.2) is 72.4 Å². The van der Waals surface area contributed by atoms with Crippen LogP contribution in [0.3, 0.4) is 0 Å². The van der Waals surface area contributed by atoms with Gasteiger partial charge in [0.05, 0.1) is 16.1 Å². The Kier molecular flexibility index (Phi) is 8.54. The molecule has 12 heteroatoms. The first-order chi connectivity index (χ1) is 24.2. The Morgan fingerprint density at radius 2 is 1.82 bits per heavy atom. The Balaban J connectivity index is 0.990. The summed E-state index contributed by atoms with van der Waals surface area (Å²) in [6, 6.07) is 15.2. The van der Waals surface area contributed by atoms with Gasteiger partial charge in [-0.25, -0.2) is 14.4 Å². The highest BCUT2D eigenvalue weighted by Crippen LogP contribution is 2.44. The number of amides is 2. The molecule has 2 fully saturated rings.